The van der Waals surface area contributed by atoms with Crippen LogP contribution in [0.15, 0.2) is 65.7 Å². The average Bonchev–Trinajstić information content (AvgIpc) is 2.84. The predicted molar refractivity (Wildman–Crippen MR) is 143 cm³/mol. The summed E-state index contributed by atoms with van der Waals surface area (Å²) in [6.45, 7) is 5.08. The Bertz CT molecular complexity index is 752. The van der Waals surface area contributed by atoms with Gasteiger partial charge in [-0.25, -0.2) is 0 Å². The SMILES string of the molecule is CN=C(NCCCOCC1CCOCC1)NCC(Cc1ccccc1)c1ccccc1.I. The fraction of sp³-hybridized carbons (Fsp3) is 0.500. The first-order chi connectivity index (χ1) is 15.3. The third kappa shape index (κ3) is 9.88. The fourth-order valence-electron chi connectivity index (χ4n) is 3.92. The van der Waals surface area contributed by atoms with Crippen molar-refractivity contribution < 1.29 is 9.47 Å². The van der Waals surface area contributed by atoms with Crippen LogP contribution in [0.25, 0.3) is 0 Å². The van der Waals surface area contributed by atoms with E-state index in [0.29, 0.717) is 11.8 Å². The van der Waals surface area contributed by atoms with Crippen molar-refractivity contribution in [2.75, 3.05) is 46.6 Å². The topological polar surface area (TPSA) is 54.9 Å². The number of nitrogens with one attached hydrogen (secondary N) is 2. The number of hydrogen-bond acceptors (Lipinski definition) is 3. The van der Waals surface area contributed by atoms with Gasteiger partial charge in [-0.15, -0.1) is 24.0 Å². The molecule has 5 nitrogen and oxygen atoms in total. The van der Waals surface area contributed by atoms with Gasteiger partial charge in [0.15, 0.2) is 5.96 Å². The molecular formula is C26H38IN3O2. The summed E-state index contributed by atoms with van der Waals surface area (Å²) >= 11 is 0. The van der Waals surface area contributed by atoms with Gasteiger partial charge in [-0.2, -0.15) is 0 Å². The van der Waals surface area contributed by atoms with Crippen LogP contribution in [0.4, 0.5) is 0 Å². The molecule has 176 valence electrons. The first-order valence-corrected chi connectivity index (χ1v) is 11.5. The lowest BCUT2D eigenvalue weighted by Crippen LogP contribution is -2.40. The van der Waals surface area contributed by atoms with Crippen LogP contribution in [0, 0.1) is 5.92 Å². The molecule has 6 heteroatoms. The Kier molecular flexibility index (Phi) is 13.3. The van der Waals surface area contributed by atoms with Gasteiger partial charge in [-0.1, -0.05) is 60.7 Å². The molecule has 1 fully saturated rings. The van der Waals surface area contributed by atoms with Crippen molar-refractivity contribution >= 4 is 29.9 Å². The highest BCUT2D eigenvalue weighted by molar-refractivity contribution is 14.0. The zero-order valence-corrected chi connectivity index (χ0v) is 21.5. The second kappa shape index (κ2) is 16.0. The molecule has 3 rings (SSSR count). The quantitative estimate of drug-likeness (QED) is 0.185. The van der Waals surface area contributed by atoms with Crippen LogP contribution in [0.2, 0.25) is 0 Å². The molecule has 1 aliphatic rings. The molecule has 2 aromatic carbocycles. The maximum Gasteiger partial charge on any atom is 0.190 e. The number of rotatable bonds is 11. The minimum Gasteiger partial charge on any atom is -0.381 e. The molecule has 2 aromatic rings. The van der Waals surface area contributed by atoms with E-state index < -0.39 is 0 Å². The van der Waals surface area contributed by atoms with E-state index in [0.717, 1.165) is 71.2 Å². The maximum atomic E-state index is 5.86. The number of hydrogen-bond donors (Lipinski definition) is 2. The normalized spacial score (nSPS) is 15.6. The lowest BCUT2D eigenvalue weighted by atomic mass is 9.92. The summed E-state index contributed by atoms with van der Waals surface area (Å²) in [4.78, 5) is 4.39. The summed E-state index contributed by atoms with van der Waals surface area (Å²) in [6, 6.07) is 21.4. The van der Waals surface area contributed by atoms with E-state index in [1.807, 2.05) is 7.05 Å². The Morgan fingerprint density at radius 3 is 2.41 bits per heavy atom. The molecule has 0 saturated carbocycles. The lowest BCUT2D eigenvalue weighted by molar-refractivity contribution is 0.0203. The Labute approximate surface area is 210 Å². The van der Waals surface area contributed by atoms with Crippen LogP contribution in [0.1, 0.15) is 36.3 Å². The summed E-state index contributed by atoms with van der Waals surface area (Å²) in [5, 5.41) is 6.93. The van der Waals surface area contributed by atoms with Crippen LogP contribution < -0.4 is 10.6 Å². The van der Waals surface area contributed by atoms with Crippen molar-refractivity contribution in [3.8, 4) is 0 Å². The highest BCUT2D eigenvalue weighted by atomic mass is 127. The second-order valence-electron chi connectivity index (χ2n) is 8.16. The molecule has 1 atom stereocenters. The molecule has 1 saturated heterocycles. The average molecular weight is 552 g/mol. The van der Waals surface area contributed by atoms with E-state index in [1.165, 1.54) is 11.1 Å². The Balaban J connectivity index is 0.00000363. The molecular weight excluding hydrogens is 513 g/mol. The zero-order valence-electron chi connectivity index (χ0n) is 19.2. The van der Waals surface area contributed by atoms with Gasteiger partial charge >= 0.3 is 0 Å². The summed E-state index contributed by atoms with van der Waals surface area (Å²) < 4.78 is 11.3. The number of ether oxygens (including phenoxy) is 2. The number of benzene rings is 2. The van der Waals surface area contributed by atoms with Crippen molar-refractivity contribution in [2.24, 2.45) is 10.9 Å². The van der Waals surface area contributed by atoms with E-state index in [1.54, 1.807) is 0 Å². The molecule has 1 aliphatic heterocycles. The molecule has 1 heterocycles. The fourth-order valence-corrected chi connectivity index (χ4v) is 3.92. The molecule has 0 aliphatic carbocycles. The van der Waals surface area contributed by atoms with Crippen molar-refractivity contribution in [3.05, 3.63) is 71.8 Å². The predicted octanol–water partition coefficient (Wildman–Crippen LogP) is 4.63. The second-order valence-corrected chi connectivity index (χ2v) is 8.16. The molecule has 2 N–H and O–H groups in total. The standard InChI is InChI=1S/C26H37N3O2.HI/c1-27-26(28-15-8-16-31-21-23-13-17-30-18-14-23)29-20-25(24-11-6-3-7-12-24)19-22-9-4-2-5-10-22;/h2-7,9-12,23,25H,8,13-21H2,1H3,(H2,27,28,29);1H. The Morgan fingerprint density at radius 2 is 1.72 bits per heavy atom. The van der Waals surface area contributed by atoms with Gasteiger partial charge < -0.3 is 20.1 Å². The van der Waals surface area contributed by atoms with E-state index in [-0.39, 0.29) is 24.0 Å². The highest BCUT2D eigenvalue weighted by Crippen LogP contribution is 2.20. The van der Waals surface area contributed by atoms with E-state index in [4.69, 9.17) is 9.47 Å². The summed E-state index contributed by atoms with van der Waals surface area (Å²) in [7, 11) is 1.83. The smallest absolute Gasteiger partial charge is 0.190 e. The van der Waals surface area contributed by atoms with Crippen molar-refractivity contribution in [3.63, 3.8) is 0 Å². The third-order valence-corrected chi connectivity index (χ3v) is 5.79. The summed E-state index contributed by atoms with van der Waals surface area (Å²) in [5.74, 6) is 1.89. The largest absolute Gasteiger partial charge is 0.381 e. The summed E-state index contributed by atoms with van der Waals surface area (Å²) in [6.07, 6.45) is 4.21. The highest BCUT2D eigenvalue weighted by Gasteiger charge is 2.14. The number of aliphatic imine (C=N–C) groups is 1. The van der Waals surface area contributed by atoms with Gasteiger partial charge in [-0.05, 0) is 42.7 Å². The van der Waals surface area contributed by atoms with Crippen molar-refractivity contribution in [1.82, 2.24) is 10.6 Å². The van der Waals surface area contributed by atoms with Crippen LogP contribution in [0.5, 0.6) is 0 Å². The molecule has 1 unspecified atom stereocenters. The van der Waals surface area contributed by atoms with Crippen LogP contribution >= 0.6 is 24.0 Å². The monoisotopic (exact) mass is 551 g/mol. The molecule has 0 radical (unpaired) electrons. The van der Waals surface area contributed by atoms with Gasteiger partial charge in [0.25, 0.3) is 0 Å². The molecule has 0 bridgehead atoms. The first-order valence-electron chi connectivity index (χ1n) is 11.5. The van der Waals surface area contributed by atoms with Crippen LogP contribution in [0.3, 0.4) is 0 Å². The maximum absolute atomic E-state index is 5.86. The van der Waals surface area contributed by atoms with E-state index >= 15 is 0 Å². The minimum absolute atomic E-state index is 0. The molecule has 32 heavy (non-hydrogen) atoms. The van der Waals surface area contributed by atoms with Gasteiger partial charge in [-0.3, -0.25) is 4.99 Å². The summed E-state index contributed by atoms with van der Waals surface area (Å²) in [5.41, 5.74) is 2.69. The Morgan fingerprint density at radius 1 is 1.03 bits per heavy atom. The number of guanidine groups is 1. The van der Waals surface area contributed by atoms with Gasteiger partial charge in [0.05, 0.1) is 0 Å². The third-order valence-electron chi connectivity index (χ3n) is 5.79. The first kappa shape index (κ1) is 26.6. The van der Waals surface area contributed by atoms with Crippen molar-refractivity contribution in [2.45, 2.75) is 31.6 Å². The van der Waals surface area contributed by atoms with Gasteiger partial charge in [0.1, 0.15) is 0 Å². The number of halogens is 1. The molecule has 0 amide bonds. The van der Waals surface area contributed by atoms with Gasteiger partial charge in [0, 0.05) is 52.5 Å². The van der Waals surface area contributed by atoms with Crippen molar-refractivity contribution in [1.29, 1.82) is 0 Å². The zero-order chi connectivity index (χ0) is 21.6. The van der Waals surface area contributed by atoms with Crippen LogP contribution in [-0.2, 0) is 15.9 Å². The number of nitrogens with zero attached hydrogens (tertiary/aromatic N) is 1. The van der Waals surface area contributed by atoms with E-state index in [9.17, 15) is 0 Å². The minimum atomic E-state index is 0. The van der Waals surface area contributed by atoms with Gasteiger partial charge in [0.2, 0.25) is 0 Å². The molecule has 0 spiro atoms. The molecule has 0 aromatic heterocycles. The Hall–Kier alpha value is -1.64. The van der Waals surface area contributed by atoms with E-state index in [2.05, 4.69) is 76.3 Å². The lowest BCUT2D eigenvalue weighted by Gasteiger charge is -2.22. The van der Waals surface area contributed by atoms with Crippen LogP contribution in [-0.4, -0.2) is 52.5 Å².